The van der Waals surface area contributed by atoms with Gasteiger partial charge in [-0.3, -0.25) is 0 Å². The fourth-order valence-electron chi connectivity index (χ4n) is 3.75. The van der Waals surface area contributed by atoms with Crippen LogP contribution < -0.4 is 5.32 Å². The van der Waals surface area contributed by atoms with Crippen LogP contribution in [0.5, 0.6) is 0 Å². The Morgan fingerprint density at radius 2 is 2.21 bits per heavy atom. The minimum absolute atomic E-state index is 0.269. The maximum atomic E-state index is 6.17. The maximum Gasteiger partial charge on any atom is 0.0595 e. The molecule has 2 fully saturated rings. The molecule has 0 spiro atoms. The summed E-state index contributed by atoms with van der Waals surface area (Å²) >= 11 is 12.2. The average molecular weight is 300 g/mol. The summed E-state index contributed by atoms with van der Waals surface area (Å²) in [5, 5.41) is 4.80. The molecule has 2 nitrogen and oxygen atoms in total. The molecule has 0 radical (unpaired) electrons. The summed E-state index contributed by atoms with van der Waals surface area (Å²) in [6.45, 7) is 5.86. The third kappa shape index (κ3) is 2.19. The summed E-state index contributed by atoms with van der Waals surface area (Å²) in [4.78, 5) is 0. The van der Waals surface area contributed by atoms with E-state index < -0.39 is 0 Å². The van der Waals surface area contributed by atoms with E-state index in [2.05, 4.69) is 11.4 Å². The lowest BCUT2D eigenvalue weighted by molar-refractivity contribution is 0.137. The van der Waals surface area contributed by atoms with Gasteiger partial charge in [0.1, 0.15) is 0 Å². The van der Waals surface area contributed by atoms with E-state index in [1.807, 2.05) is 19.1 Å². The van der Waals surface area contributed by atoms with Gasteiger partial charge in [-0.05, 0) is 49.4 Å². The first-order chi connectivity index (χ1) is 9.20. The molecule has 0 amide bonds. The van der Waals surface area contributed by atoms with Crippen molar-refractivity contribution in [1.29, 1.82) is 0 Å². The highest BCUT2D eigenvalue weighted by molar-refractivity contribution is 6.42. The Bertz CT molecular complexity index is 479. The third-order valence-electron chi connectivity index (χ3n) is 4.72. The Balaban J connectivity index is 1.79. The van der Waals surface area contributed by atoms with E-state index in [0.29, 0.717) is 10.0 Å². The molecular formula is C15H19Cl2NO. The SMILES string of the molecule is CCOCCC1C2CNCC12c1ccc(Cl)c(Cl)c1. The van der Waals surface area contributed by atoms with Gasteiger partial charge in [0.25, 0.3) is 0 Å². The lowest BCUT2D eigenvalue weighted by atomic mass is 9.92. The molecule has 0 aromatic heterocycles. The van der Waals surface area contributed by atoms with E-state index in [4.69, 9.17) is 27.9 Å². The van der Waals surface area contributed by atoms with Crippen molar-refractivity contribution in [2.45, 2.75) is 18.8 Å². The van der Waals surface area contributed by atoms with Crippen LogP contribution in [0.15, 0.2) is 18.2 Å². The van der Waals surface area contributed by atoms with E-state index >= 15 is 0 Å². The Morgan fingerprint density at radius 3 is 2.95 bits per heavy atom. The van der Waals surface area contributed by atoms with Gasteiger partial charge in [0.15, 0.2) is 0 Å². The molecule has 1 heterocycles. The van der Waals surface area contributed by atoms with Crippen molar-refractivity contribution in [1.82, 2.24) is 5.32 Å². The van der Waals surface area contributed by atoms with Gasteiger partial charge in [0.05, 0.1) is 10.0 Å². The first-order valence-electron chi connectivity index (χ1n) is 6.94. The van der Waals surface area contributed by atoms with E-state index in [1.54, 1.807) is 0 Å². The molecule has 19 heavy (non-hydrogen) atoms. The van der Waals surface area contributed by atoms with Crippen LogP contribution in [0, 0.1) is 11.8 Å². The zero-order valence-electron chi connectivity index (χ0n) is 11.1. The summed E-state index contributed by atoms with van der Waals surface area (Å²) < 4.78 is 5.51. The molecule has 1 aromatic carbocycles. The molecule has 1 aliphatic heterocycles. The summed E-state index contributed by atoms with van der Waals surface area (Å²) in [7, 11) is 0. The van der Waals surface area contributed by atoms with Crippen molar-refractivity contribution in [3.8, 4) is 0 Å². The van der Waals surface area contributed by atoms with Crippen molar-refractivity contribution in [3.63, 3.8) is 0 Å². The van der Waals surface area contributed by atoms with E-state index in [9.17, 15) is 0 Å². The predicted octanol–water partition coefficient (Wildman–Crippen LogP) is 3.51. The summed E-state index contributed by atoms with van der Waals surface area (Å²) in [5.74, 6) is 1.45. The number of rotatable bonds is 5. The van der Waals surface area contributed by atoms with E-state index in [1.165, 1.54) is 5.56 Å². The van der Waals surface area contributed by atoms with Crippen LogP contribution >= 0.6 is 23.2 Å². The first-order valence-corrected chi connectivity index (χ1v) is 7.69. The second kappa shape index (κ2) is 5.25. The number of fused-ring (bicyclic) bond motifs is 1. The maximum absolute atomic E-state index is 6.17. The minimum atomic E-state index is 0.269. The van der Waals surface area contributed by atoms with Crippen LogP contribution in [-0.2, 0) is 10.2 Å². The van der Waals surface area contributed by atoms with Gasteiger partial charge in [-0.15, -0.1) is 0 Å². The molecule has 1 saturated carbocycles. The molecule has 0 bridgehead atoms. The number of ether oxygens (including phenoxy) is 1. The quantitative estimate of drug-likeness (QED) is 0.840. The Kier molecular flexibility index (Phi) is 3.78. The number of benzene rings is 1. The lowest BCUT2D eigenvalue weighted by Gasteiger charge is -2.17. The molecule has 2 aliphatic rings. The molecule has 3 atom stereocenters. The first kappa shape index (κ1) is 13.7. The molecule has 1 saturated heterocycles. The number of piperidine rings is 1. The fourth-order valence-corrected chi connectivity index (χ4v) is 4.05. The standard InChI is InChI=1S/C15H19Cl2NO/c1-2-19-6-5-11-12-8-18-9-15(11,12)10-3-4-13(16)14(17)7-10/h3-4,7,11-12,18H,2,5-6,8-9H2,1H3. The summed E-state index contributed by atoms with van der Waals surface area (Å²) in [5.41, 5.74) is 1.60. The zero-order valence-corrected chi connectivity index (χ0v) is 12.6. The molecule has 3 unspecified atom stereocenters. The molecule has 104 valence electrons. The lowest BCUT2D eigenvalue weighted by Crippen LogP contribution is -2.24. The fraction of sp³-hybridized carbons (Fsp3) is 0.600. The van der Waals surface area contributed by atoms with Crippen molar-refractivity contribution in [2.75, 3.05) is 26.3 Å². The predicted molar refractivity (Wildman–Crippen MR) is 79.1 cm³/mol. The monoisotopic (exact) mass is 299 g/mol. The van der Waals surface area contributed by atoms with Crippen LogP contribution in [0.2, 0.25) is 10.0 Å². The second-order valence-electron chi connectivity index (χ2n) is 5.50. The molecular weight excluding hydrogens is 281 g/mol. The smallest absolute Gasteiger partial charge is 0.0595 e. The summed E-state index contributed by atoms with van der Waals surface area (Å²) in [6.07, 6.45) is 1.14. The van der Waals surface area contributed by atoms with Gasteiger partial charge < -0.3 is 10.1 Å². The Morgan fingerprint density at radius 1 is 1.37 bits per heavy atom. The molecule has 1 N–H and O–H groups in total. The highest BCUT2D eigenvalue weighted by Gasteiger charge is 2.66. The van der Waals surface area contributed by atoms with Gasteiger partial charge >= 0.3 is 0 Å². The van der Waals surface area contributed by atoms with Crippen LogP contribution in [0.25, 0.3) is 0 Å². The average Bonchev–Trinajstić information content (AvgIpc) is 2.81. The van der Waals surface area contributed by atoms with Crippen molar-refractivity contribution in [2.24, 2.45) is 11.8 Å². The van der Waals surface area contributed by atoms with Gasteiger partial charge in [-0.25, -0.2) is 0 Å². The van der Waals surface area contributed by atoms with Gasteiger partial charge in [0.2, 0.25) is 0 Å². The van der Waals surface area contributed by atoms with Crippen LogP contribution in [0.3, 0.4) is 0 Å². The highest BCUT2D eigenvalue weighted by Crippen LogP contribution is 2.63. The van der Waals surface area contributed by atoms with Crippen LogP contribution in [-0.4, -0.2) is 26.3 Å². The minimum Gasteiger partial charge on any atom is -0.382 e. The highest BCUT2D eigenvalue weighted by atomic mass is 35.5. The second-order valence-corrected chi connectivity index (χ2v) is 6.31. The number of hydrogen-bond donors (Lipinski definition) is 1. The Labute approximate surface area is 124 Å². The molecule has 1 aromatic rings. The van der Waals surface area contributed by atoms with E-state index in [-0.39, 0.29) is 5.41 Å². The van der Waals surface area contributed by atoms with Crippen LogP contribution in [0.4, 0.5) is 0 Å². The Hall–Kier alpha value is -0.280. The number of hydrogen-bond acceptors (Lipinski definition) is 2. The van der Waals surface area contributed by atoms with Gasteiger partial charge in [0, 0.05) is 25.2 Å². The van der Waals surface area contributed by atoms with Gasteiger partial charge in [-0.1, -0.05) is 29.3 Å². The topological polar surface area (TPSA) is 21.3 Å². The molecule has 1 aliphatic carbocycles. The van der Waals surface area contributed by atoms with E-state index in [0.717, 1.165) is 44.6 Å². The van der Waals surface area contributed by atoms with Crippen molar-refractivity contribution < 1.29 is 4.74 Å². The normalized spacial score (nSPS) is 32.4. The third-order valence-corrected chi connectivity index (χ3v) is 5.46. The van der Waals surface area contributed by atoms with Crippen molar-refractivity contribution in [3.05, 3.63) is 33.8 Å². The van der Waals surface area contributed by atoms with Crippen LogP contribution in [0.1, 0.15) is 18.9 Å². The number of halogens is 2. The van der Waals surface area contributed by atoms with Crippen molar-refractivity contribution >= 4 is 23.2 Å². The largest absolute Gasteiger partial charge is 0.382 e. The molecule has 4 heteroatoms. The summed E-state index contributed by atoms with van der Waals surface area (Å²) in [6, 6.07) is 6.10. The van der Waals surface area contributed by atoms with Gasteiger partial charge in [-0.2, -0.15) is 0 Å². The molecule has 3 rings (SSSR count). The zero-order chi connectivity index (χ0) is 13.5. The number of nitrogens with one attached hydrogen (secondary N) is 1.